The van der Waals surface area contributed by atoms with Gasteiger partial charge >= 0.3 is 0 Å². The minimum Gasteiger partial charge on any atom is -0.274 e. The molecule has 1 saturated heterocycles. The summed E-state index contributed by atoms with van der Waals surface area (Å²) in [6, 6.07) is 9.45. The Labute approximate surface area is 127 Å². The monoisotopic (exact) mass is 290 g/mol. The predicted octanol–water partition coefficient (Wildman–Crippen LogP) is 2.55. The molecule has 1 saturated carbocycles. The van der Waals surface area contributed by atoms with E-state index in [2.05, 4.69) is 17.1 Å². The summed E-state index contributed by atoms with van der Waals surface area (Å²) >= 11 is 0. The third-order valence-electron chi connectivity index (χ3n) is 5.32. The fourth-order valence-corrected chi connectivity index (χ4v) is 4.41. The maximum Gasteiger partial charge on any atom is 0.238 e. The first-order valence-corrected chi connectivity index (χ1v) is 7.65. The van der Waals surface area contributed by atoms with Gasteiger partial charge in [-0.05, 0) is 30.4 Å². The van der Waals surface area contributed by atoms with E-state index >= 15 is 0 Å². The summed E-state index contributed by atoms with van der Waals surface area (Å²) in [6.07, 6.45) is 6.88. The molecule has 0 N–H and O–H groups in total. The number of rotatable bonds is 1. The number of para-hydroxylation sites is 1. The van der Waals surface area contributed by atoms with E-state index in [9.17, 15) is 9.59 Å². The third-order valence-corrected chi connectivity index (χ3v) is 5.32. The SMILES string of the molecule is O=C1[C@@H]2[C@H](C(=O)N1c1cccc3cccnc13)[C@H]1C=C[C@@H]2C1. The molecule has 5 rings (SSSR count). The van der Waals surface area contributed by atoms with Gasteiger partial charge in [-0.3, -0.25) is 14.6 Å². The van der Waals surface area contributed by atoms with Crippen LogP contribution >= 0.6 is 0 Å². The van der Waals surface area contributed by atoms with Crippen molar-refractivity contribution in [2.24, 2.45) is 23.7 Å². The zero-order chi connectivity index (χ0) is 14.8. The molecule has 1 aliphatic heterocycles. The van der Waals surface area contributed by atoms with E-state index in [1.165, 1.54) is 4.90 Å². The maximum atomic E-state index is 12.9. The Balaban J connectivity index is 1.67. The number of carbonyl (C=O) groups is 2. The molecule has 2 heterocycles. The van der Waals surface area contributed by atoms with Gasteiger partial charge in [0.1, 0.15) is 0 Å². The Bertz CT molecular complexity index is 822. The molecule has 2 aromatic rings. The summed E-state index contributed by atoms with van der Waals surface area (Å²) in [7, 11) is 0. The predicted molar refractivity (Wildman–Crippen MR) is 82.0 cm³/mol. The van der Waals surface area contributed by atoms with Crippen molar-refractivity contribution in [2.75, 3.05) is 4.90 Å². The highest BCUT2D eigenvalue weighted by Gasteiger charge is 2.59. The van der Waals surface area contributed by atoms with Crippen LogP contribution in [0.2, 0.25) is 0 Å². The first-order valence-electron chi connectivity index (χ1n) is 7.65. The van der Waals surface area contributed by atoms with Crippen molar-refractivity contribution in [1.29, 1.82) is 0 Å². The average Bonchev–Trinajstić information content (AvgIpc) is 3.21. The van der Waals surface area contributed by atoms with E-state index in [4.69, 9.17) is 0 Å². The van der Waals surface area contributed by atoms with Crippen molar-refractivity contribution in [3.63, 3.8) is 0 Å². The van der Waals surface area contributed by atoms with Crippen molar-refractivity contribution in [3.05, 3.63) is 48.7 Å². The summed E-state index contributed by atoms with van der Waals surface area (Å²) in [4.78, 5) is 31.5. The van der Waals surface area contributed by atoms with Crippen LogP contribution < -0.4 is 4.90 Å². The smallest absolute Gasteiger partial charge is 0.238 e. The normalized spacial score (nSPS) is 32.3. The highest BCUT2D eigenvalue weighted by Crippen LogP contribution is 2.53. The fourth-order valence-electron chi connectivity index (χ4n) is 4.41. The lowest BCUT2D eigenvalue weighted by atomic mass is 9.85. The molecule has 2 fully saturated rings. The molecule has 0 radical (unpaired) electrons. The van der Waals surface area contributed by atoms with Gasteiger partial charge in [-0.15, -0.1) is 0 Å². The van der Waals surface area contributed by atoms with E-state index < -0.39 is 0 Å². The lowest BCUT2D eigenvalue weighted by Crippen LogP contribution is -2.33. The molecule has 108 valence electrons. The van der Waals surface area contributed by atoms with Gasteiger partial charge in [0.2, 0.25) is 11.8 Å². The van der Waals surface area contributed by atoms with Gasteiger partial charge in [0.15, 0.2) is 0 Å². The molecule has 22 heavy (non-hydrogen) atoms. The molecule has 3 aliphatic rings. The molecule has 0 unspecified atom stereocenters. The van der Waals surface area contributed by atoms with Gasteiger partial charge in [-0.2, -0.15) is 0 Å². The number of fused-ring (bicyclic) bond motifs is 6. The second-order valence-corrected chi connectivity index (χ2v) is 6.36. The van der Waals surface area contributed by atoms with E-state index in [1.54, 1.807) is 6.20 Å². The van der Waals surface area contributed by atoms with E-state index in [0.29, 0.717) is 11.2 Å². The molecule has 0 spiro atoms. The molecule has 2 bridgehead atoms. The fraction of sp³-hybridized carbons (Fsp3) is 0.278. The largest absolute Gasteiger partial charge is 0.274 e. The Morgan fingerprint density at radius 1 is 0.955 bits per heavy atom. The number of nitrogens with zero attached hydrogens (tertiary/aromatic N) is 2. The summed E-state index contributed by atoms with van der Waals surface area (Å²) < 4.78 is 0. The van der Waals surface area contributed by atoms with Crippen molar-refractivity contribution < 1.29 is 9.59 Å². The zero-order valence-electron chi connectivity index (χ0n) is 11.8. The standard InChI is InChI=1S/C18H14N2O2/c21-17-14-11-6-7-12(9-11)15(14)18(22)20(17)13-5-1-3-10-4-2-8-19-16(10)13/h1-8,11-12,14-15H,9H2/t11-,12+,14+,15-. The van der Waals surface area contributed by atoms with Crippen LogP contribution in [0.1, 0.15) is 6.42 Å². The van der Waals surface area contributed by atoms with Gasteiger partial charge in [0.25, 0.3) is 0 Å². The van der Waals surface area contributed by atoms with Gasteiger partial charge in [0.05, 0.1) is 23.0 Å². The molecular formula is C18H14N2O2. The number of imide groups is 1. The second kappa shape index (κ2) is 4.03. The number of pyridine rings is 1. The number of anilines is 1. The second-order valence-electron chi connectivity index (χ2n) is 6.36. The quantitative estimate of drug-likeness (QED) is 0.599. The Morgan fingerprint density at radius 2 is 1.64 bits per heavy atom. The van der Waals surface area contributed by atoms with Crippen LogP contribution in [0.5, 0.6) is 0 Å². The van der Waals surface area contributed by atoms with Crippen LogP contribution in [-0.2, 0) is 9.59 Å². The van der Waals surface area contributed by atoms with Crippen LogP contribution in [0.3, 0.4) is 0 Å². The number of amides is 2. The molecule has 2 amide bonds. The van der Waals surface area contributed by atoms with Crippen molar-refractivity contribution >= 4 is 28.4 Å². The van der Waals surface area contributed by atoms with Crippen LogP contribution in [-0.4, -0.2) is 16.8 Å². The molecule has 4 heteroatoms. The highest BCUT2D eigenvalue weighted by atomic mass is 16.2. The number of hydrogen-bond acceptors (Lipinski definition) is 3. The van der Waals surface area contributed by atoms with Crippen molar-refractivity contribution in [1.82, 2.24) is 4.98 Å². The Kier molecular flexibility index (Phi) is 2.22. The zero-order valence-corrected chi connectivity index (χ0v) is 11.8. The van der Waals surface area contributed by atoms with Crippen LogP contribution in [0.15, 0.2) is 48.7 Å². The molecule has 1 aromatic carbocycles. The van der Waals surface area contributed by atoms with E-state index in [1.807, 2.05) is 30.3 Å². The van der Waals surface area contributed by atoms with E-state index in [0.717, 1.165) is 11.8 Å². The van der Waals surface area contributed by atoms with Gasteiger partial charge in [-0.1, -0.05) is 30.4 Å². The molecule has 1 aromatic heterocycles. The summed E-state index contributed by atoms with van der Waals surface area (Å²) in [5, 5.41) is 0.943. The first-order chi connectivity index (χ1) is 10.8. The topological polar surface area (TPSA) is 50.3 Å². The van der Waals surface area contributed by atoms with Crippen LogP contribution in [0.25, 0.3) is 10.9 Å². The number of hydrogen-bond donors (Lipinski definition) is 0. The minimum atomic E-state index is -0.165. The third kappa shape index (κ3) is 1.35. The molecule has 4 atom stereocenters. The van der Waals surface area contributed by atoms with Crippen molar-refractivity contribution in [3.8, 4) is 0 Å². The Morgan fingerprint density at radius 3 is 2.36 bits per heavy atom. The van der Waals surface area contributed by atoms with Crippen LogP contribution in [0.4, 0.5) is 5.69 Å². The highest BCUT2D eigenvalue weighted by molar-refractivity contribution is 6.25. The summed E-state index contributed by atoms with van der Waals surface area (Å²) in [5.74, 6) is 0.0386. The lowest BCUT2D eigenvalue weighted by molar-refractivity contribution is -0.123. The van der Waals surface area contributed by atoms with Crippen molar-refractivity contribution in [2.45, 2.75) is 6.42 Å². The number of carbonyl (C=O) groups excluding carboxylic acids is 2. The number of benzene rings is 1. The summed E-state index contributed by atoms with van der Waals surface area (Å²) in [6.45, 7) is 0. The first kappa shape index (κ1) is 12.1. The van der Waals surface area contributed by atoms with Gasteiger partial charge < -0.3 is 0 Å². The minimum absolute atomic E-state index is 0.0509. The average molecular weight is 290 g/mol. The number of aromatic nitrogens is 1. The van der Waals surface area contributed by atoms with Gasteiger partial charge in [0, 0.05) is 11.6 Å². The van der Waals surface area contributed by atoms with Gasteiger partial charge in [-0.25, -0.2) is 4.90 Å². The van der Waals surface area contributed by atoms with Crippen LogP contribution in [0, 0.1) is 23.7 Å². The lowest BCUT2D eigenvalue weighted by Gasteiger charge is -2.18. The summed E-state index contributed by atoms with van der Waals surface area (Å²) in [5.41, 5.74) is 1.34. The number of allylic oxidation sites excluding steroid dienone is 2. The Hall–Kier alpha value is -2.49. The maximum absolute atomic E-state index is 12.9. The molecule has 4 nitrogen and oxygen atoms in total. The molecule has 2 aliphatic carbocycles. The molecular weight excluding hydrogens is 276 g/mol. The van der Waals surface area contributed by atoms with E-state index in [-0.39, 0.29) is 35.5 Å².